The molecule has 1 heterocycles. The molecule has 1 fully saturated rings. The third-order valence-electron chi connectivity index (χ3n) is 5.73. The molecule has 0 N–H and O–H groups in total. The zero-order valence-corrected chi connectivity index (χ0v) is 19.1. The van der Waals surface area contributed by atoms with Crippen LogP contribution < -0.4 is 4.74 Å². The highest BCUT2D eigenvalue weighted by molar-refractivity contribution is 6.31. The average molecular weight is 447 g/mol. The lowest BCUT2D eigenvalue weighted by molar-refractivity contribution is -0.139. The summed E-state index contributed by atoms with van der Waals surface area (Å²) >= 11 is 6.12. The number of halogens is 2. The van der Waals surface area contributed by atoms with Crippen LogP contribution in [0, 0.1) is 12.7 Å². The summed E-state index contributed by atoms with van der Waals surface area (Å²) in [6, 6.07) is 9.94. The van der Waals surface area contributed by atoms with Gasteiger partial charge in [-0.1, -0.05) is 23.7 Å². The van der Waals surface area contributed by atoms with Crippen LogP contribution in [0.3, 0.4) is 0 Å². The SMILES string of the molecule is CC(=O)c1cc(Cl)c(C)cc1OCC(=O)N1C[C@H](C)N(Cc2ccc(F)cc2)C[C@H]1C. The van der Waals surface area contributed by atoms with Crippen LogP contribution in [0.4, 0.5) is 4.39 Å². The first kappa shape index (κ1) is 23.2. The molecule has 0 unspecified atom stereocenters. The molecule has 3 rings (SSSR count). The van der Waals surface area contributed by atoms with Crippen molar-refractivity contribution in [2.24, 2.45) is 0 Å². The molecular weight excluding hydrogens is 419 g/mol. The van der Waals surface area contributed by atoms with Crippen molar-refractivity contribution in [1.29, 1.82) is 0 Å². The third-order valence-corrected chi connectivity index (χ3v) is 6.13. The second kappa shape index (κ2) is 9.79. The molecule has 0 bridgehead atoms. The minimum absolute atomic E-state index is 0.00646. The van der Waals surface area contributed by atoms with E-state index in [4.69, 9.17) is 16.3 Å². The van der Waals surface area contributed by atoms with Crippen LogP contribution in [0.1, 0.15) is 42.3 Å². The van der Waals surface area contributed by atoms with Crippen LogP contribution >= 0.6 is 11.6 Å². The van der Waals surface area contributed by atoms with Gasteiger partial charge in [-0.3, -0.25) is 14.5 Å². The summed E-state index contributed by atoms with van der Waals surface area (Å²) in [7, 11) is 0. The van der Waals surface area contributed by atoms with Crippen LogP contribution in [0.2, 0.25) is 5.02 Å². The minimum Gasteiger partial charge on any atom is -0.483 e. The number of hydrogen-bond acceptors (Lipinski definition) is 4. The molecular formula is C24H28ClFN2O3. The molecule has 1 amide bonds. The summed E-state index contributed by atoms with van der Waals surface area (Å²) in [6.07, 6.45) is 0. The van der Waals surface area contributed by atoms with Crippen molar-refractivity contribution >= 4 is 23.3 Å². The van der Waals surface area contributed by atoms with Gasteiger partial charge >= 0.3 is 0 Å². The summed E-state index contributed by atoms with van der Waals surface area (Å²) < 4.78 is 18.9. The third kappa shape index (κ3) is 5.63. The molecule has 1 saturated heterocycles. The Morgan fingerprint density at radius 2 is 1.81 bits per heavy atom. The van der Waals surface area contributed by atoms with Crippen LogP contribution in [0.15, 0.2) is 36.4 Å². The molecule has 31 heavy (non-hydrogen) atoms. The molecule has 1 aliphatic rings. The van der Waals surface area contributed by atoms with Gasteiger partial charge in [0.1, 0.15) is 11.6 Å². The van der Waals surface area contributed by atoms with E-state index in [1.54, 1.807) is 24.3 Å². The fourth-order valence-electron chi connectivity index (χ4n) is 3.86. The Morgan fingerprint density at radius 1 is 1.13 bits per heavy atom. The van der Waals surface area contributed by atoms with Crippen LogP contribution in [-0.2, 0) is 11.3 Å². The van der Waals surface area contributed by atoms with E-state index in [1.807, 2.05) is 18.7 Å². The Bertz CT molecular complexity index is 964. The van der Waals surface area contributed by atoms with Gasteiger partial charge in [0.15, 0.2) is 12.4 Å². The number of carbonyl (C=O) groups is 2. The van der Waals surface area contributed by atoms with Gasteiger partial charge in [0.2, 0.25) is 0 Å². The van der Waals surface area contributed by atoms with Crippen LogP contribution in [0.5, 0.6) is 5.75 Å². The second-order valence-corrected chi connectivity index (χ2v) is 8.65. The molecule has 0 aromatic heterocycles. The van der Waals surface area contributed by atoms with Crippen molar-refractivity contribution in [3.05, 3.63) is 63.9 Å². The lowest BCUT2D eigenvalue weighted by atomic mass is 10.1. The summed E-state index contributed by atoms with van der Waals surface area (Å²) in [5.74, 6) is -0.161. The summed E-state index contributed by atoms with van der Waals surface area (Å²) in [4.78, 5) is 28.9. The number of rotatable bonds is 6. The minimum atomic E-state index is -0.246. The molecule has 166 valence electrons. The maximum atomic E-state index is 13.2. The zero-order valence-electron chi connectivity index (χ0n) is 18.3. The number of ketones is 1. The monoisotopic (exact) mass is 446 g/mol. The second-order valence-electron chi connectivity index (χ2n) is 8.24. The number of aryl methyl sites for hydroxylation is 1. The molecule has 0 aliphatic carbocycles. The number of Topliss-reactive ketones (excluding diaryl/α,β-unsaturated/α-hetero) is 1. The molecule has 1 aliphatic heterocycles. The van der Waals surface area contributed by atoms with Gasteiger partial charge in [0.25, 0.3) is 5.91 Å². The van der Waals surface area contributed by atoms with Gasteiger partial charge in [0.05, 0.1) is 5.56 Å². The van der Waals surface area contributed by atoms with Crippen molar-refractivity contribution in [2.45, 2.75) is 46.3 Å². The van der Waals surface area contributed by atoms with E-state index in [0.717, 1.165) is 11.1 Å². The molecule has 0 radical (unpaired) electrons. The van der Waals surface area contributed by atoms with Crippen molar-refractivity contribution in [1.82, 2.24) is 9.80 Å². The Hall–Kier alpha value is -2.44. The van der Waals surface area contributed by atoms with Crippen molar-refractivity contribution in [3.8, 4) is 5.75 Å². The normalized spacial score (nSPS) is 19.4. The first-order valence-electron chi connectivity index (χ1n) is 10.4. The first-order chi connectivity index (χ1) is 14.7. The van der Waals surface area contributed by atoms with E-state index in [-0.39, 0.29) is 36.2 Å². The maximum Gasteiger partial charge on any atom is 0.260 e. The zero-order chi connectivity index (χ0) is 22.7. The van der Waals surface area contributed by atoms with E-state index >= 15 is 0 Å². The molecule has 2 aromatic rings. The van der Waals surface area contributed by atoms with Crippen molar-refractivity contribution in [3.63, 3.8) is 0 Å². The predicted octanol–water partition coefficient (Wildman–Crippen LogP) is 4.49. The lowest BCUT2D eigenvalue weighted by Crippen LogP contribution is -2.58. The van der Waals surface area contributed by atoms with E-state index in [2.05, 4.69) is 11.8 Å². The highest BCUT2D eigenvalue weighted by Gasteiger charge is 2.32. The lowest BCUT2D eigenvalue weighted by Gasteiger charge is -2.44. The largest absolute Gasteiger partial charge is 0.483 e. The quantitative estimate of drug-likeness (QED) is 0.613. The van der Waals surface area contributed by atoms with Crippen molar-refractivity contribution in [2.75, 3.05) is 19.7 Å². The first-order valence-corrected chi connectivity index (χ1v) is 10.8. The number of benzene rings is 2. The van der Waals surface area contributed by atoms with Gasteiger partial charge in [-0.05, 0) is 63.1 Å². The highest BCUT2D eigenvalue weighted by atomic mass is 35.5. The number of carbonyl (C=O) groups excluding carboxylic acids is 2. The smallest absolute Gasteiger partial charge is 0.260 e. The number of piperazine rings is 1. The number of amides is 1. The highest BCUT2D eigenvalue weighted by Crippen LogP contribution is 2.27. The van der Waals surface area contributed by atoms with E-state index in [1.165, 1.54) is 19.1 Å². The number of nitrogens with zero attached hydrogens (tertiary/aromatic N) is 2. The van der Waals surface area contributed by atoms with Gasteiger partial charge in [0, 0.05) is 36.7 Å². The molecule has 0 spiro atoms. The standard InChI is InChI=1S/C24H28ClFN2O3/c1-15-9-23(21(18(4)29)10-22(15)25)31-14-24(30)28-12-16(2)27(11-17(28)3)13-19-5-7-20(26)8-6-19/h5-10,16-17H,11-14H2,1-4H3/t16-,17+/m0/s1. The fraction of sp³-hybridized carbons (Fsp3) is 0.417. The van der Waals surface area contributed by atoms with Gasteiger partial charge in [-0.15, -0.1) is 0 Å². The predicted molar refractivity (Wildman–Crippen MR) is 119 cm³/mol. The maximum absolute atomic E-state index is 13.2. The van der Waals surface area contributed by atoms with Gasteiger partial charge in [-0.25, -0.2) is 4.39 Å². The summed E-state index contributed by atoms with van der Waals surface area (Å²) in [5, 5.41) is 0.489. The Morgan fingerprint density at radius 3 is 2.45 bits per heavy atom. The topological polar surface area (TPSA) is 49.9 Å². The Kier molecular flexibility index (Phi) is 7.34. The summed E-state index contributed by atoms with van der Waals surface area (Å²) in [5.41, 5.74) is 2.19. The molecule has 2 atom stereocenters. The Balaban J connectivity index is 1.62. The fourth-order valence-corrected chi connectivity index (χ4v) is 4.03. The van der Waals surface area contributed by atoms with E-state index in [9.17, 15) is 14.0 Å². The molecule has 0 saturated carbocycles. The number of ether oxygens (including phenoxy) is 1. The van der Waals surface area contributed by atoms with E-state index < -0.39 is 0 Å². The van der Waals surface area contributed by atoms with Crippen molar-refractivity contribution < 1.29 is 18.7 Å². The number of hydrogen-bond donors (Lipinski definition) is 0. The summed E-state index contributed by atoms with van der Waals surface area (Å²) in [6.45, 7) is 9.20. The van der Waals surface area contributed by atoms with Gasteiger partial charge in [-0.2, -0.15) is 0 Å². The molecule has 5 nitrogen and oxygen atoms in total. The Labute approximate surface area is 187 Å². The molecule has 2 aromatic carbocycles. The van der Waals surface area contributed by atoms with Gasteiger partial charge < -0.3 is 9.64 Å². The molecule has 7 heteroatoms. The van der Waals surface area contributed by atoms with Crippen LogP contribution in [-0.4, -0.2) is 53.3 Å². The van der Waals surface area contributed by atoms with Crippen LogP contribution in [0.25, 0.3) is 0 Å². The average Bonchev–Trinajstić information content (AvgIpc) is 2.72. The van der Waals surface area contributed by atoms with E-state index in [0.29, 0.717) is 36.0 Å².